The van der Waals surface area contributed by atoms with Crippen LogP contribution in [0.1, 0.15) is 22.3 Å². The second kappa shape index (κ2) is 7.61. The number of hydrogen-bond donors (Lipinski definition) is 2. The summed E-state index contributed by atoms with van der Waals surface area (Å²) in [5, 5.41) is 3.82. The summed E-state index contributed by atoms with van der Waals surface area (Å²) in [6.45, 7) is 2.11. The minimum absolute atomic E-state index is 0.538. The highest BCUT2D eigenvalue weighted by molar-refractivity contribution is 5.63. The number of benzene rings is 4. The fraction of sp³-hybridized carbons (Fsp3) is 0.0769. The van der Waals surface area contributed by atoms with Crippen LogP contribution in [0, 0.1) is 6.92 Å². The van der Waals surface area contributed by atoms with E-state index in [4.69, 9.17) is 5.73 Å². The lowest BCUT2D eigenvalue weighted by Gasteiger charge is -2.38. The largest absolute Gasteiger partial charge is 0.399 e. The summed E-state index contributed by atoms with van der Waals surface area (Å²) < 4.78 is 0. The molecule has 4 aromatic carbocycles. The third kappa shape index (κ3) is 3.37. The number of rotatable bonds is 5. The fourth-order valence-electron chi connectivity index (χ4n) is 3.73. The minimum atomic E-state index is -0.538. The second-order valence-corrected chi connectivity index (χ2v) is 7.10. The van der Waals surface area contributed by atoms with Crippen LogP contribution in [0.4, 0.5) is 11.4 Å². The molecule has 0 unspecified atom stereocenters. The Morgan fingerprint density at radius 2 is 1.14 bits per heavy atom. The highest BCUT2D eigenvalue weighted by atomic mass is 15.0. The molecule has 2 nitrogen and oxygen atoms in total. The van der Waals surface area contributed by atoms with Crippen LogP contribution in [0.5, 0.6) is 0 Å². The van der Waals surface area contributed by atoms with Gasteiger partial charge in [-0.25, -0.2) is 0 Å². The van der Waals surface area contributed by atoms with Gasteiger partial charge in [0.25, 0.3) is 0 Å². The molecule has 0 heterocycles. The van der Waals surface area contributed by atoms with Crippen molar-refractivity contribution in [3.63, 3.8) is 0 Å². The van der Waals surface area contributed by atoms with Crippen molar-refractivity contribution in [2.45, 2.75) is 12.5 Å². The fourth-order valence-corrected chi connectivity index (χ4v) is 3.73. The van der Waals surface area contributed by atoms with E-state index in [2.05, 4.69) is 103 Å². The Morgan fingerprint density at radius 3 is 1.68 bits per heavy atom. The van der Waals surface area contributed by atoms with Crippen molar-refractivity contribution < 1.29 is 0 Å². The Kier molecular flexibility index (Phi) is 4.86. The van der Waals surface area contributed by atoms with Gasteiger partial charge < -0.3 is 11.1 Å². The van der Waals surface area contributed by atoms with E-state index in [9.17, 15) is 0 Å². The van der Waals surface area contributed by atoms with Gasteiger partial charge in [-0.3, -0.25) is 0 Å². The average Bonchev–Trinajstić information content (AvgIpc) is 2.74. The molecule has 0 aliphatic carbocycles. The smallest absolute Gasteiger partial charge is 0.114 e. The summed E-state index contributed by atoms with van der Waals surface area (Å²) in [5.41, 5.74) is 12.0. The molecule has 4 aromatic rings. The first-order chi connectivity index (χ1) is 13.7. The van der Waals surface area contributed by atoms with Gasteiger partial charge in [-0.1, -0.05) is 96.6 Å². The van der Waals surface area contributed by atoms with Crippen LogP contribution in [0.15, 0.2) is 109 Å². The van der Waals surface area contributed by atoms with Crippen molar-refractivity contribution in [2.24, 2.45) is 0 Å². The Morgan fingerprint density at radius 1 is 0.607 bits per heavy atom. The Bertz CT molecular complexity index is 999. The summed E-state index contributed by atoms with van der Waals surface area (Å²) in [6.07, 6.45) is 0. The van der Waals surface area contributed by atoms with Gasteiger partial charge in [-0.05, 0) is 41.8 Å². The lowest BCUT2D eigenvalue weighted by atomic mass is 9.76. The van der Waals surface area contributed by atoms with Gasteiger partial charge in [0.05, 0.1) is 0 Å². The molecule has 0 spiro atoms. The zero-order valence-corrected chi connectivity index (χ0v) is 16.0. The molecule has 0 aromatic heterocycles. The van der Waals surface area contributed by atoms with Crippen LogP contribution < -0.4 is 11.1 Å². The monoisotopic (exact) mass is 364 g/mol. The van der Waals surface area contributed by atoms with Crippen molar-refractivity contribution in [3.8, 4) is 0 Å². The Labute approximate surface area is 166 Å². The predicted octanol–water partition coefficient (Wildman–Crippen LogP) is 5.98. The van der Waals surface area contributed by atoms with E-state index >= 15 is 0 Å². The molecule has 28 heavy (non-hydrogen) atoms. The summed E-state index contributed by atoms with van der Waals surface area (Å²) in [6, 6.07) is 37.8. The molecule has 0 amide bonds. The van der Waals surface area contributed by atoms with Gasteiger partial charge in [-0.15, -0.1) is 0 Å². The van der Waals surface area contributed by atoms with Crippen molar-refractivity contribution in [2.75, 3.05) is 11.1 Å². The van der Waals surface area contributed by atoms with Crippen LogP contribution in [0.2, 0.25) is 0 Å². The van der Waals surface area contributed by atoms with Gasteiger partial charge in [0, 0.05) is 11.4 Å². The van der Waals surface area contributed by atoms with Crippen molar-refractivity contribution in [1.29, 1.82) is 0 Å². The van der Waals surface area contributed by atoms with E-state index < -0.39 is 5.54 Å². The molecule has 0 saturated carbocycles. The molecule has 0 radical (unpaired) electrons. The normalized spacial score (nSPS) is 11.2. The maximum Gasteiger partial charge on any atom is 0.114 e. The molecule has 0 aliphatic heterocycles. The maximum atomic E-state index is 6.07. The van der Waals surface area contributed by atoms with E-state index in [0.29, 0.717) is 0 Å². The molecule has 0 saturated heterocycles. The second-order valence-electron chi connectivity index (χ2n) is 7.10. The van der Waals surface area contributed by atoms with Gasteiger partial charge in [0.2, 0.25) is 0 Å². The average molecular weight is 364 g/mol. The molecule has 0 aliphatic rings. The first-order valence-electron chi connectivity index (χ1n) is 9.50. The minimum Gasteiger partial charge on any atom is -0.399 e. The van der Waals surface area contributed by atoms with E-state index in [1.807, 2.05) is 18.2 Å². The summed E-state index contributed by atoms with van der Waals surface area (Å²) in [5.74, 6) is 0. The van der Waals surface area contributed by atoms with E-state index in [1.54, 1.807) is 0 Å². The van der Waals surface area contributed by atoms with E-state index in [0.717, 1.165) is 11.4 Å². The zero-order valence-electron chi connectivity index (χ0n) is 16.0. The topological polar surface area (TPSA) is 38.0 Å². The number of nitrogens with one attached hydrogen (secondary N) is 1. The SMILES string of the molecule is Cc1ccc(C(Nc2cccc(N)c2)(c2ccccc2)c2ccccc2)cc1. The third-order valence-electron chi connectivity index (χ3n) is 5.12. The molecule has 3 N–H and O–H groups in total. The number of nitrogen functional groups attached to an aromatic ring is 1. The Balaban J connectivity index is 2.00. The van der Waals surface area contributed by atoms with Gasteiger partial charge in [0.15, 0.2) is 0 Å². The molecular weight excluding hydrogens is 340 g/mol. The lowest BCUT2D eigenvalue weighted by molar-refractivity contribution is 0.711. The van der Waals surface area contributed by atoms with Gasteiger partial charge in [0.1, 0.15) is 5.54 Å². The lowest BCUT2D eigenvalue weighted by Crippen LogP contribution is -2.38. The maximum absolute atomic E-state index is 6.07. The number of aryl methyl sites for hydroxylation is 1. The van der Waals surface area contributed by atoms with Crippen LogP contribution in [0.25, 0.3) is 0 Å². The molecule has 4 rings (SSSR count). The molecule has 0 atom stereocenters. The van der Waals surface area contributed by atoms with Crippen molar-refractivity contribution >= 4 is 11.4 Å². The van der Waals surface area contributed by atoms with Crippen molar-refractivity contribution in [1.82, 2.24) is 0 Å². The predicted molar refractivity (Wildman–Crippen MR) is 118 cm³/mol. The summed E-state index contributed by atoms with van der Waals surface area (Å²) in [7, 11) is 0. The zero-order chi connectivity index (χ0) is 19.4. The number of anilines is 2. The summed E-state index contributed by atoms with van der Waals surface area (Å²) >= 11 is 0. The first-order valence-corrected chi connectivity index (χ1v) is 9.50. The van der Waals surface area contributed by atoms with Crippen LogP contribution >= 0.6 is 0 Å². The van der Waals surface area contributed by atoms with Crippen molar-refractivity contribution in [3.05, 3.63) is 131 Å². The molecule has 0 fully saturated rings. The van der Waals surface area contributed by atoms with Crippen LogP contribution in [0.3, 0.4) is 0 Å². The highest BCUT2D eigenvalue weighted by Gasteiger charge is 2.36. The number of hydrogen-bond acceptors (Lipinski definition) is 2. The molecule has 0 bridgehead atoms. The van der Waals surface area contributed by atoms with Gasteiger partial charge >= 0.3 is 0 Å². The standard InChI is InChI=1S/C26H24N2/c1-20-15-17-23(18-16-20)26(21-9-4-2-5-10-21,22-11-6-3-7-12-22)28-25-14-8-13-24(27)19-25/h2-19,28H,27H2,1H3. The first kappa shape index (κ1) is 17.9. The van der Waals surface area contributed by atoms with Crippen LogP contribution in [-0.2, 0) is 5.54 Å². The highest BCUT2D eigenvalue weighted by Crippen LogP contribution is 2.40. The molecular formula is C26H24N2. The molecule has 2 heteroatoms. The van der Waals surface area contributed by atoms with Gasteiger partial charge in [-0.2, -0.15) is 0 Å². The van der Waals surface area contributed by atoms with Crippen LogP contribution in [-0.4, -0.2) is 0 Å². The van der Waals surface area contributed by atoms with E-state index in [1.165, 1.54) is 22.3 Å². The summed E-state index contributed by atoms with van der Waals surface area (Å²) in [4.78, 5) is 0. The van der Waals surface area contributed by atoms with E-state index in [-0.39, 0.29) is 0 Å². The molecule has 138 valence electrons. The third-order valence-corrected chi connectivity index (χ3v) is 5.12. The quantitative estimate of drug-likeness (QED) is 0.338. The Hall–Kier alpha value is -3.52. The number of nitrogens with two attached hydrogens (primary N) is 1.